The summed E-state index contributed by atoms with van der Waals surface area (Å²) < 4.78 is 5.65. The summed E-state index contributed by atoms with van der Waals surface area (Å²) in [6.45, 7) is 1.98. The number of benzene rings is 2. The number of hydrogen-bond donors (Lipinski definition) is 1. The lowest BCUT2D eigenvalue weighted by atomic mass is 9.70. The molecule has 1 spiro atoms. The summed E-state index contributed by atoms with van der Waals surface area (Å²) in [6.07, 6.45) is 2.57. The zero-order valence-electron chi connectivity index (χ0n) is 16.9. The SMILES string of the molecule is CN(C)C(=O)c1cccc2c1CC1(CCOCC1)C(=NCc1cccc(Cl)c1)N2. The normalized spacial score (nSPS) is 18.9. The number of amides is 1. The summed E-state index contributed by atoms with van der Waals surface area (Å²) in [5.74, 6) is 1.02. The largest absolute Gasteiger partial charge is 0.381 e. The van der Waals surface area contributed by atoms with E-state index in [0.29, 0.717) is 19.8 Å². The Morgan fingerprint density at radius 2 is 1.97 bits per heavy atom. The summed E-state index contributed by atoms with van der Waals surface area (Å²) >= 11 is 6.13. The summed E-state index contributed by atoms with van der Waals surface area (Å²) in [5.41, 5.74) is 3.76. The molecule has 2 aromatic carbocycles. The van der Waals surface area contributed by atoms with Gasteiger partial charge in [0.05, 0.1) is 6.54 Å². The first-order valence-electron chi connectivity index (χ1n) is 9.96. The molecular weight excluding hydrogens is 386 g/mol. The molecule has 2 aliphatic heterocycles. The highest BCUT2D eigenvalue weighted by atomic mass is 35.5. The number of halogens is 1. The summed E-state index contributed by atoms with van der Waals surface area (Å²) in [6, 6.07) is 13.7. The lowest BCUT2D eigenvalue weighted by molar-refractivity contribution is 0.0447. The number of hydrogen-bond acceptors (Lipinski definition) is 3. The number of rotatable bonds is 3. The van der Waals surface area contributed by atoms with Crippen molar-refractivity contribution >= 4 is 29.0 Å². The second-order valence-corrected chi connectivity index (χ2v) is 8.46. The average molecular weight is 412 g/mol. The highest BCUT2D eigenvalue weighted by Crippen LogP contribution is 2.43. The maximum atomic E-state index is 12.7. The average Bonchev–Trinajstić information content (AvgIpc) is 2.72. The van der Waals surface area contributed by atoms with Crippen molar-refractivity contribution in [3.63, 3.8) is 0 Å². The van der Waals surface area contributed by atoms with Crippen LogP contribution in [-0.4, -0.2) is 44.0 Å². The van der Waals surface area contributed by atoms with Crippen molar-refractivity contribution in [3.8, 4) is 0 Å². The number of carbonyl (C=O) groups excluding carboxylic acids is 1. The Balaban J connectivity index is 1.72. The molecule has 2 aromatic rings. The van der Waals surface area contributed by atoms with Crippen molar-refractivity contribution in [1.82, 2.24) is 4.90 Å². The standard InChI is InChI=1S/C23H26ClN3O2/c1-27(2)21(28)18-7-4-8-20-19(18)14-23(9-11-29-12-10-23)22(26-20)25-15-16-5-3-6-17(24)13-16/h3-8,13H,9-12,14-15H2,1-2H3,(H,25,26). The molecule has 0 aliphatic carbocycles. The number of anilines is 1. The van der Waals surface area contributed by atoms with Crippen LogP contribution in [0.5, 0.6) is 0 Å². The first-order chi connectivity index (χ1) is 14.0. The molecular formula is C23H26ClN3O2. The third kappa shape index (κ3) is 4.02. The van der Waals surface area contributed by atoms with Gasteiger partial charge in [0.15, 0.2) is 0 Å². The molecule has 5 nitrogen and oxygen atoms in total. The van der Waals surface area contributed by atoms with Crippen molar-refractivity contribution in [1.29, 1.82) is 0 Å². The number of amidine groups is 1. The minimum absolute atomic E-state index is 0.0326. The fourth-order valence-electron chi connectivity index (χ4n) is 4.21. The van der Waals surface area contributed by atoms with E-state index in [0.717, 1.165) is 52.5 Å². The minimum atomic E-state index is -0.132. The van der Waals surface area contributed by atoms with E-state index in [4.69, 9.17) is 21.3 Å². The van der Waals surface area contributed by atoms with Gasteiger partial charge in [0.2, 0.25) is 0 Å². The summed E-state index contributed by atoms with van der Waals surface area (Å²) in [7, 11) is 3.58. The Hall–Kier alpha value is -2.37. The van der Waals surface area contributed by atoms with Crippen molar-refractivity contribution in [2.45, 2.75) is 25.8 Å². The van der Waals surface area contributed by atoms with Crippen LogP contribution in [0.4, 0.5) is 5.69 Å². The van der Waals surface area contributed by atoms with Crippen LogP contribution in [0, 0.1) is 5.41 Å². The van der Waals surface area contributed by atoms with Crippen LogP contribution in [0.2, 0.25) is 5.02 Å². The molecule has 0 aromatic heterocycles. The number of carbonyl (C=O) groups is 1. The molecule has 0 atom stereocenters. The number of ether oxygens (including phenoxy) is 1. The Morgan fingerprint density at radius 1 is 1.21 bits per heavy atom. The summed E-state index contributed by atoms with van der Waals surface area (Å²) in [4.78, 5) is 19.4. The lowest BCUT2D eigenvalue weighted by Crippen LogP contribution is -2.46. The van der Waals surface area contributed by atoms with Crippen LogP contribution in [0.15, 0.2) is 47.5 Å². The van der Waals surface area contributed by atoms with Gasteiger partial charge in [0, 0.05) is 49.0 Å². The van der Waals surface area contributed by atoms with E-state index in [-0.39, 0.29) is 11.3 Å². The van der Waals surface area contributed by atoms with Crippen LogP contribution in [0.1, 0.15) is 34.3 Å². The highest BCUT2D eigenvalue weighted by molar-refractivity contribution is 6.30. The Labute approximate surface area is 176 Å². The van der Waals surface area contributed by atoms with Gasteiger partial charge in [-0.3, -0.25) is 9.79 Å². The molecule has 2 aliphatic rings. The van der Waals surface area contributed by atoms with Gasteiger partial charge < -0.3 is 15.0 Å². The van der Waals surface area contributed by atoms with Gasteiger partial charge in [-0.1, -0.05) is 29.8 Å². The third-order valence-electron chi connectivity index (χ3n) is 5.84. The van der Waals surface area contributed by atoms with Crippen LogP contribution in [0.25, 0.3) is 0 Å². The van der Waals surface area contributed by atoms with E-state index in [9.17, 15) is 4.79 Å². The Morgan fingerprint density at radius 3 is 2.69 bits per heavy atom. The number of fused-ring (bicyclic) bond motifs is 1. The number of nitrogens with one attached hydrogen (secondary N) is 1. The van der Waals surface area contributed by atoms with Crippen molar-refractivity contribution < 1.29 is 9.53 Å². The van der Waals surface area contributed by atoms with E-state index in [1.165, 1.54) is 0 Å². The molecule has 2 heterocycles. The topological polar surface area (TPSA) is 53.9 Å². The van der Waals surface area contributed by atoms with Crippen LogP contribution in [-0.2, 0) is 17.7 Å². The second-order valence-electron chi connectivity index (χ2n) is 8.02. The molecule has 1 amide bonds. The Bertz CT molecular complexity index is 949. The molecule has 0 radical (unpaired) electrons. The van der Waals surface area contributed by atoms with Gasteiger partial charge in [0.25, 0.3) is 5.91 Å². The number of nitrogens with zero attached hydrogens (tertiary/aromatic N) is 2. The van der Waals surface area contributed by atoms with Gasteiger partial charge in [-0.05, 0) is 54.7 Å². The van der Waals surface area contributed by atoms with Crippen LogP contribution < -0.4 is 5.32 Å². The maximum absolute atomic E-state index is 12.7. The minimum Gasteiger partial charge on any atom is -0.381 e. The first-order valence-corrected chi connectivity index (χ1v) is 10.3. The predicted molar refractivity (Wildman–Crippen MR) is 117 cm³/mol. The second kappa shape index (κ2) is 8.17. The van der Waals surface area contributed by atoms with Crippen molar-refractivity contribution in [3.05, 3.63) is 64.2 Å². The highest BCUT2D eigenvalue weighted by Gasteiger charge is 2.42. The molecule has 29 heavy (non-hydrogen) atoms. The van der Waals surface area contributed by atoms with E-state index in [1.807, 2.05) is 42.5 Å². The van der Waals surface area contributed by atoms with Gasteiger partial charge in [-0.15, -0.1) is 0 Å². The molecule has 0 bridgehead atoms. The van der Waals surface area contributed by atoms with Gasteiger partial charge in [-0.25, -0.2) is 0 Å². The summed E-state index contributed by atoms with van der Waals surface area (Å²) in [5, 5.41) is 4.29. The molecule has 0 saturated carbocycles. The zero-order chi connectivity index (χ0) is 20.4. The van der Waals surface area contributed by atoms with Gasteiger partial charge >= 0.3 is 0 Å². The number of aliphatic imine (C=N–C) groups is 1. The van der Waals surface area contributed by atoms with E-state index >= 15 is 0 Å². The van der Waals surface area contributed by atoms with Crippen molar-refractivity contribution in [2.75, 3.05) is 32.6 Å². The van der Waals surface area contributed by atoms with Crippen molar-refractivity contribution in [2.24, 2.45) is 10.4 Å². The van der Waals surface area contributed by atoms with Gasteiger partial charge in [-0.2, -0.15) is 0 Å². The zero-order valence-corrected chi connectivity index (χ0v) is 17.6. The quantitative estimate of drug-likeness (QED) is 0.814. The lowest BCUT2D eigenvalue weighted by Gasteiger charge is -2.43. The van der Waals surface area contributed by atoms with E-state index < -0.39 is 0 Å². The van der Waals surface area contributed by atoms with Crippen LogP contribution in [0.3, 0.4) is 0 Å². The predicted octanol–water partition coefficient (Wildman–Crippen LogP) is 4.41. The first kappa shape index (κ1) is 19.9. The Kier molecular flexibility index (Phi) is 5.61. The molecule has 1 N–H and O–H groups in total. The van der Waals surface area contributed by atoms with Gasteiger partial charge in [0.1, 0.15) is 5.84 Å². The monoisotopic (exact) mass is 411 g/mol. The molecule has 152 valence electrons. The van der Waals surface area contributed by atoms with Crippen LogP contribution >= 0.6 is 11.6 Å². The smallest absolute Gasteiger partial charge is 0.253 e. The van der Waals surface area contributed by atoms with E-state index in [1.54, 1.807) is 19.0 Å². The molecule has 1 fully saturated rings. The van der Waals surface area contributed by atoms with E-state index in [2.05, 4.69) is 5.32 Å². The molecule has 0 unspecified atom stereocenters. The third-order valence-corrected chi connectivity index (χ3v) is 6.08. The molecule has 4 rings (SSSR count). The maximum Gasteiger partial charge on any atom is 0.253 e. The molecule has 1 saturated heterocycles. The fourth-order valence-corrected chi connectivity index (χ4v) is 4.42. The fraction of sp³-hybridized carbons (Fsp3) is 0.391. The molecule has 6 heteroatoms.